The minimum atomic E-state index is -1.99. The highest BCUT2D eigenvalue weighted by molar-refractivity contribution is 6.11. The van der Waals surface area contributed by atoms with Crippen molar-refractivity contribution in [1.29, 1.82) is 0 Å². The average molecular weight is 458 g/mol. The van der Waals surface area contributed by atoms with E-state index in [1.54, 1.807) is 17.0 Å². The molecule has 0 aromatic heterocycles. The maximum Gasteiger partial charge on any atom is 0.299 e. The number of Topliss-reactive ketones (excluding diaryl/α,β-unsaturated/α-hetero) is 1. The highest BCUT2D eigenvalue weighted by atomic mass is 16.7. The van der Waals surface area contributed by atoms with Crippen LogP contribution >= 0.6 is 0 Å². The van der Waals surface area contributed by atoms with Gasteiger partial charge in [0.1, 0.15) is 11.5 Å². The van der Waals surface area contributed by atoms with Gasteiger partial charge in [-0.3, -0.25) is 19.3 Å². The molecule has 1 aromatic carbocycles. The van der Waals surface area contributed by atoms with Crippen LogP contribution in [0.2, 0.25) is 0 Å². The Kier molecular flexibility index (Phi) is 4.23. The number of amides is 2. The summed E-state index contributed by atoms with van der Waals surface area (Å²) >= 11 is 0. The zero-order chi connectivity index (χ0) is 23.3. The van der Waals surface area contributed by atoms with E-state index in [1.807, 2.05) is 6.92 Å². The van der Waals surface area contributed by atoms with Crippen molar-refractivity contribution in [2.45, 2.75) is 49.4 Å². The van der Waals surface area contributed by atoms with E-state index in [9.17, 15) is 19.5 Å². The fourth-order valence-corrected chi connectivity index (χ4v) is 6.98. The molecule has 5 aliphatic rings. The van der Waals surface area contributed by atoms with Gasteiger partial charge < -0.3 is 29.0 Å². The number of anilines is 1. The van der Waals surface area contributed by atoms with Gasteiger partial charge in [0.25, 0.3) is 12.2 Å². The molecule has 0 unspecified atom stereocenters. The van der Waals surface area contributed by atoms with E-state index in [1.165, 1.54) is 19.1 Å². The Bertz CT molecular complexity index is 1080. The third kappa shape index (κ3) is 2.17. The molecule has 1 N–H and O–H groups in total. The van der Waals surface area contributed by atoms with Gasteiger partial charge >= 0.3 is 0 Å². The van der Waals surface area contributed by atoms with Gasteiger partial charge in [0, 0.05) is 26.1 Å². The highest BCUT2D eigenvalue weighted by Crippen LogP contribution is 2.67. The first-order chi connectivity index (χ1) is 15.8. The molecule has 4 heterocycles. The van der Waals surface area contributed by atoms with E-state index in [2.05, 4.69) is 0 Å². The molecule has 4 aliphatic heterocycles. The van der Waals surface area contributed by atoms with Gasteiger partial charge in [-0.2, -0.15) is 0 Å². The second kappa shape index (κ2) is 6.68. The van der Waals surface area contributed by atoms with Crippen LogP contribution in [0.1, 0.15) is 25.3 Å². The summed E-state index contributed by atoms with van der Waals surface area (Å²) in [7, 11) is 2.82. The minimum absolute atomic E-state index is 0.150. The molecule has 1 spiro atoms. The van der Waals surface area contributed by atoms with Crippen LogP contribution in [0, 0.1) is 11.8 Å². The van der Waals surface area contributed by atoms with Crippen LogP contribution in [0.5, 0.6) is 11.5 Å². The van der Waals surface area contributed by atoms with Gasteiger partial charge in [0.15, 0.2) is 23.0 Å². The van der Waals surface area contributed by atoms with E-state index in [4.69, 9.17) is 18.9 Å². The third-order valence-corrected chi connectivity index (χ3v) is 8.34. The zero-order valence-corrected chi connectivity index (χ0v) is 18.6. The first kappa shape index (κ1) is 20.9. The quantitative estimate of drug-likeness (QED) is 0.639. The molecule has 7 atom stereocenters. The Hall–Kier alpha value is -2.69. The van der Waals surface area contributed by atoms with Gasteiger partial charge in [-0.25, -0.2) is 0 Å². The molecule has 10 heteroatoms. The van der Waals surface area contributed by atoms with E-state index >= 15 is 0 Å². The van der Waals surface area contributed by atoms with Crippen molar-refractivity contribution in [2.75, 3.05) is 32.2 Å². The number of fused-ring (bicyclic) bond motifs is 2. The number of rotatable bonds is 3. The largest absolute Gasteiger partial charge is 0.493 e. The number of benzene rings is 1. The van der Waals surface area contributed by atoms with Crippen molar-refractivity contribution >= 4 is 23.8 Å². The summed E-state index contributed by atoms with van der Waals surface area (Å²) in [6, 6.07) is 3.39. The number of aliphatic hydroxyl groups is 1. The summed E-state index contributed by atoms with van der Waals surface area (Å²) in [5.41, 5.74) is -2.67. The van der Waals surface area contributed by atoms with Crippen molar-refractivity contribution in [3.05, 3.63) is 17.7 Å². The van der Waals surface area contributed by atoms with Crippen molar-refractivity contribution in [3.63, 3.8) is 0 Å². The first-order valence-electron chi connectivity index (χ1n) is 11.2. The lowest BCUT2D eigenvalue weighted by Gasteiger charge is -2.52. The fourth-order valence-electron chi connectivity index (χ4n) is 6.98. The Labute approximate surface area is 190 Å². The molecule has 1 aliphatic carbocycles. The van der Waals surface area contributed by atoms with Crippen LogP contribution in [0.4, 0.5) is 5.69 Å². The number of ketones is 1. The van der Waals surface area contributed by atoms with Gasteiger partial charge in [-0.1, -0.05) is 6.07 Å². The van der Waals surface area contributed by atoms with E-state index in [-0.39, 0.29) is 30.4 Å². The summed E-state index contributed by atoms with van der Waals surface area (Å²) in [5.74, 6) is -0.967. The van der Waals surface area contributed by atoms with Crippen molar-refractivity contribution in [2.24, 2.45) is 11.8 Å². The lowest BCUT2D eigenvalue weighted by molar-refractivity contribution is -0.181. The molecule has 176 valence electrons. The molecule has 3 fully saturated rings. The summed E-state index contributed by atoms with van der Waals surface area (Å²) in [6.45, 7) is 2.55. The van der Waals surface area contributed by atoms with Crippen LogP contribution in [0.3, 0.4) is 0 Å². The predicted octanol–water partition coefficient (Wildman–Crippen LogP) is 0.188. The molecule has 1 aromatic rings. The number of carbonyl (C=O) groups excluding carboxylic acids is 3. The highest BCUT2D eigenvalue weighted by Gasteiger charge is 2.79. The third-order valence-electron chi connectivity index (χ3n) is 8.34. The molecule has 2 amide bonds. The molecule has 1 saturated carbocycles. The van der Waals surface area contributed by atoms with Gasteiger partial charge in [-0.05, 0) is 31.4 Å². The van der Waals surface area contributed by atoms with E-state index in [0.717, 1.165) is 6.41 Å². The number of hydrogen-bond acceptors (Lipinski definition) is 8. The van der Waals surface area contributed by atoms with Gasteiger partial charge in [0.2, 0.25) is 6.41 Å². The summed E-state index contributed by atoms with van der Waals surface area (Å²) < 4.78 is 22.9. The van der Waals surface area contributed by atoms with Crippen LogP contribution in [0.15, 0.2) is 12.1 Å². The Balaban J connectivity index is 1.69. The van der Waals surface area contributed by atoms with Crippen LogP contribution in [-0.2, 0) is 29.3 Å². The topological polar surface area (TPSA) is 115 Å². The molecule has 2 saturated heterocycles. The molecule has 10 nitrogen and oxygen atoms in total. The van der Waals surface area contributed by atoms with Gasteiger partial charge in [0.05, 0.1) is 24.8 Å². The number of methoxy groups -OCH3 is 2. The molecule has 33 heavy (non-hydrogen) atoms. The average Bonchev–Trinajstić information content (AvgIpc) is 3.27. The van der Waals surface area contributed by atoms with Gasteiger partial charge in [-0.15, -0.1) is 0 Å². The van der Waals surface area contributed by atoms with Crippen molar-refractivity contribution in [3.8, 4) is 11.5 Å². The van der Waals surface area contributed by atoms with E-state index < -0.39 is 41.5 Å². The molecular weight excluding hydrogens is 432 g/mol. The summed E-state index contributed by atoms with van der Waals surface area (Å²) in [5, 5.41) is 12.6. The predicted molar refractivity (Wildman–Crippen MR) is 112 cm³/mol. The molecular formula is C23H26N2O8. The standard InChI is InChI=1S/C23H26N2O8/c1-11-15-12-6-8-24(10-26)9-7-22(18(15)27)13-4-5-14(30-2)17-16(13)25(20(28)21(31-3)33-17)23(22,29)19(12)32-11/h4-5,10-12,15,19,21,29H,6-9H2,1-3H3/t11-,12+,15+,19-,21+,22+,23+/m1/s1. The lowest BCUT2D eigenvalue weighted by Crippen LogP contribution is -2.74. The Morgan fingerprint density at radius 1 is 1.24 bits per heavy atom. The summed E-state index contributed by atoms with van der Waals surface area (Å²) in [6.07, 6.45) is -1.14. The molecule has 0 radical (unpaired) electrons. The maximum atomic E-state index is 14.4. The summed E-state index contributed by atoms with van der Waals surface area (Å²) in [4.78, 5) is 42.6. The van der Waals surface area contributed by atoms with Crippen molar-refractivity contribution in [1.82, 2.24) is 4.90 Å². The lowest BCUT2D eigenvalue weighted by atomic mass is 9.55. The van der Waals surface area contributed by atoms with E-state index in [0.29, 0.717) is 30.0 Å². The van der Waals surface area contributed by atoms with Crippen LogP contribution in [-0.4, -0.2) is 79.6 Å². The first-order valence-corrected chi connectivity index (χ1v) is 11.2. The second-order valence-corrected chi connectivity index (χ2v) is 9.48. The van der Waals surface area contributed by atoms with Crippen LogP contribution < -0.4 is 14.4 Å². The van der Waals surface area contributed by atoms with Crippen LogP contribution in [0.25, 0.3) is 0 Å². The fraction of sp³-hybridized carbons (Fsp3) is 0.609. The Morgan fingerprint density at radius 2 is 2.03 bits per heavy atom. The molecule has 6 rings (SSSR count). The Morgan fingerprint density at radius 3 is 2.73 bits per heavy atom. The number of nitrogens with zero attached hydrogens (tertiary/aromatic N) is 2. The number of hydrogen-bond donors (Lipinski definition) is 1. The number of ether oxygens (including phenoxy) is 4. The SMILES string of the molecule is COc1ccc2c3c1O[C@H](OC)C(=O)N3[C@]1(O)[C@@H]3O[C@H](C)[C@@H]4C(=O)[C@]21CCN(C=O)CC[C@@H]43. The minimum Gasteiger partial charge on any atom is -0.493 e. The molecule has 4 bridgehead atoms. The normalized spacial score (nSPS) is 40.5. The second-order valence-electron chi connectivity index (χ2n) is 9.48. The maximum absolute atomic E-state index is 14.4. The zero-order valence-electron chi connectivity index (χ0n) is 18.6. The monoisotopic (exact) mass is 458 g/mol. The number of carbonyl (C=O) groups is 3. The smallest absolute Gasteiger partial charge is 0.299 e. The van der Waals surface area contributed by atoms with Crippen molar-refractivity contribution < 1.29 is 38.4 Å².